The molecule has 0 spiro atoms. The molecule has 2 heterocycles. The van der Waals surface area contributed by atoms with Crippen LogP contribution in [-0.2, 0) is 17.9 Å². The molecule has 1 N–H and O–H groups in total. The highest BCUT2D eigenvalue weighted by atomic mass is 16.4. The molecule has 0 bridgehead atoms. The number of carbonyl (C=O) groups is 1. The summed E-state index contributed by atoms with van der Waals surface area (Å²) in [6.45, 7) is 10.5. The first-order valence-corrected chi connectivity index (χ1v) is 7.57. The molecule has 0 saturated carbocycles. The first-order chi connectivity index (χ1) is 10.0. The summed E-state index contributed by atoms with van der Waals surface area (Å²) in [4.78, 5) is 19.5. The van der Waals surface area contributed by atoms with Gasteiger partial charge in [-0.2, -0.15) is 5.10 Å². The molecule has 7 heteroatoms. The second-order valence-electron chi connectivity index (χ2n) is 6.01. The van der Waals surface area contributed by atoms with E-state index in [4.69, 9.17) is 5.11 Å². The van der Waals surface area contributed by atoms with Crippen LogP contribution in [0.2, 0.25) is 0 Å². The third-order valence-corrected chi connectivity index (χ3v) is 3.71. The van der Waals surface area contributed by atoms with Gasteiger partial charge in [0.05, 0.1) is 13.0 Å². The standard InChI is InChI=1S/C14H25N5O2/c1-12(2)9-19-13(15-11-16-19)10-18-7-5-17(6-8-18)4-3-14(20)21/h11-12H,3-10H2,1-2H3,(H,20,21). The van der Waals surface area contributed by atoms with Crippen molar-refractivity contribution >= 4 is 5.97 Å². The minimum atomic E-state index is -0.723. The minimum Gasteiger partial charge on any atom is -0.481 e. The van der Waals surface area contributed by atoms with Gasteiger partial charge in [-0.25, -0.2) is 9.67 Å². The number of nitrogens with zero attached hydrogens (tertiary/aromatic N) is 5. The van der Waals surface area contributed by atoms with Crippen LogP contribution in [0.1, 0.15) is 26.1 Å². The van der Waals surface area contributed by atoms with E-state index < -0.39 is 5.97 Å². The van der Waals surface area contributed by atoms with Crippen LogP contribution in [0.4, 0.5) is 0 Å². The smallest absolute Gasteiger partial charge is 0.304 e. The molecule has 1 fully saturated rings. The first-order valence-electron chi connectivity index (χ1n) is 7.57. The van der Waals surface area contributed by atoms with Crippen molar-refractivity contribution < 1.29 is 9.90 Å². The number of aromatic nitrogens is 3. The van der Waals surface area contributed by atoms with Crippen molar-refractivity contribution in [2.75, 3.05) is 32.7 Å². The summed E-state index contributed by atoms with van der Waals surface area (Å²) in [5.41, 5.74) is 0. The molecule has 1 aromatic rings. The monoisotopic (exact) mass is 295 g/mol. The molecule has 1 aliphatic rings. The number of rotatable bonds is 7. The van der Waals surface area contributed by atoms with E-state index in [1.165, 1.54) is 0 Å². The van der Waals surface area contributed by atoms with E-state index >= 15 is 0 Å². The van der Waals surface area contributed by atoms with Crippen molar-refractivity contribution in [1.82, 2.24) is 24.6 Å². The minimum absolute atomic E-state index is 0.225. The van der Waals surface area contributed by atoms with Gasteiger partial charge in [0.15, 0.2) is 0 Å². The first kappa shape index (κ1) is 15.9. The Morgan fingerprint density at radius 1 is 1.29 bits per heavy atom. The maximum atomic E-state index is 10.6. The van der Waals surface area contributed by atoms with Crippen LogP contribution in [0.3, 0.4) is 0 Å². The summed E-state index contributed by atoms with van der Waals surface area (Å²) in [6, 6.07) is 0. The Kier molecular flexibility index (Phi) is 5.69. The molecule has 2 rings (SSSR count). The number of hydrogen-bond acceptors (Lipinski definition) is 5. The fourth-order valence-electron chi connectivity index (χ4n) is 2.53. The maximum absolute atomic E-state index is 10.6. The topological polar surface area (TPSA) is 74.5 Å². The van der Waals surface area contributed by atoms with Crippen LogP contribution < -0.4 is 0 Å². The van der Waals surface area contributed by atoms with Gasteiger partial charge in [-0.3, -0.25) is 9.69 Å². The molecule has 21 heavy (non-hydrogen) atoms. The van der Waals surface area contributed by atoms with Crippen LogP contribution in [0.15, 0.2) is 6.33 Å². The third kappa shape index (κ3) is 5.09. The molecule has 0 radical (unpaired) electrons. The molecule has 7 nitrogen and oxygen atoms in total. The molecular weight excluding hydrogens is 270 g/mol. The van der Waals surface area contributed by atoms with Crippen molar-refractivity contribution in [3.8, 4) is 0 Å². The van der Waals surface area contributed by atoms with Crippen LogP contribution in [-0.4, -0.2) is 68.4 Å². The van der Waals surface area contributed by atoms with E-state index in [1.807, 2.05) is 4.68 Å². The van der Waals surface area contributed by atoms with Gasteiger partial charge in [0.25, 0.3) is 0 Å². The van der Waals surface area contributed by atoms with Crippen molar-refractivity contribution in [2.45, 2.75) is 33.4 Å². The Labute approximate surface area is 125 Å². The molecule has 0 aromatic carbocycles. The Morgan fingerprint density at radius 3 is 2.57 bits per heavy atom. The van der Waals surface area contributed by atoms with Crippen molar-refractivity contribution in [3.63, 3.8) is 0 Å². The van der Waals surface area contributed by atoms with Gasteiger partial charge in [-0.15, -0.1) is 0 Å². The van der Waals surface area contributed by atoms with Gasteiger partial charge in [0.1, 0.15) is 12.2 Å². The van der Waals surface area contributed by atoms with E-state index in [9.17, 15) is 4.79 Å². The lowest BCUT2D eigenvalue weighted by atomic mass is 10.2. The van der Waals surface area contributed by atoms with Crippen LogP contribution in [0.25, 0.3) is 0 Å². The van der Waals surface area contributed by atoms with Crippen LogP contribution in [0.5, 0.6) is 0 Å². The Morgan fingerprint density at radius 2 is 1.95 bits per heavy atom. The molecule has 118 valence electrons. The predicted molar refractivity (Wildman–Crippen MR) is 78.8 cm³/mol. The van der Waals surface area contributed by atoms with Crippen molar-refractivity contribution in [2.24, 2.45) is 5.92 Å². The summed E-state index contributed by atoms with van der Waals surface area (Å²) in [6.07, 6.45) is 1.85. The average Bonchev–Trinajstić information content (AvgIpc) is 2.84. The highest BCUT2D eigenvalue weighted by Gasteiger charge is 2.19. The van der Waals surface area contributed by atoms with Crippen molar-refractivity contribution in [3.05, 3.63) is 12.2 Å². The molecule has 0 amide bonds. The highest BCUT2D eigenvalue weighted by Crippen LogP contribution is 2.08. The fourth-order valence-corrected chi connectivity index (χ4v) is 2.53. The highest BCUT2D eigenvalue weighted by molar-refractivity contribution is 5.66. The zero-order valence-electron chi connectivity index (χ0n) is 12.9. The fraction of sp³-hybridized carbons (Fsp3) is 0.786. The van der Waals surface area contributed by atoms with E-state index in [0.717, 1.165) is 45.1 Å². The van der Waals surface area contributed by atoms with Crippen LogP contribution >= 0.6 is 0 Å². The summed E-state index contributed by atoms with van der Waals surface area (Å²) >= 11 is 0. The molecule has 1 aliphatic heterocycles. The van der Waals surface area contributed by atoms with Gasteiger partial charge in [-0.1, -0.05) is 13.8 Å². The zero-order chi connectivity index (χ0) is 15.2. The molecule has 0 unspecified atom stereocenters. The van der Waals surface area contributed by atoms with Gasteiger partial charge in [-0.05, 0) is 5.92 Å². The molecule has 0 aliphatic carbocycles. The summed E-state index contributed by atoms with van der Waals surface area (Å²) in [7, 11) is 0. The van der Waals surface area contributed by atoms with E-state index in [0.29, 0.717) is 12.5 Å². The van der Waals surface area contributed by atoms with Gasteiger partial charge in [0.2, 0.25) is 0 Å². The van der Waals surface area contributed by atoms with Crippen LogP contribution in [0, 0.1) is 5.92 Å². The van der Waals surface area contributed by atoms with Crippen molar-refractivity contribution in [1.29, 1.82) is 0 Å². The SMILES string of the molecule is CC(C)Cn1ncnc1CN1CCN(CCC(=O)O)CC1. The van der Waals surface area contributed by atoms with Gasteiger partial charge in [0, 0.05) is 39.3 Å². The maximum Gasteiger partial charge on any atom is 0.304 e. The Bertz CT molecular complexity index is 452. The summed E-state index contributed by atoms with van der Waals surface area (Å²) < 4.78 is 1.99. The number of carboxylic acid groups (broad SMARTS) is 1. The average molecular weight is 295 g/mol. The Balaban J connectivity index is 1.78. The second-order valence-corrected chi connectivity index (χ2v) is 6.01. The predicted octanol–water partition coefficient (Wildman–Crippen LogP) is 0.526. The number of hydrogen-bond donors (Lipinski definition) is 1. The van der Waals surface area contributed by atoms with Gasteiger partial charge < -0.3 is 10.0 Å². The lowest BCUT2D eigenvalue weighted by Crippen LogP contribution is -2.46. The molecular formula is C14H25N5O2. The Hall–Kier alpha value is -1.47. The third-order valence-electron chi connectivity index (χ3n) is 3.71. The summed E-state index contributed by atoms with van der Waals surface area (Å²) in [5, 5.41) is 13.0. The zero-order valence-corrected chi connectivity index (χ0v) is 12.9. The largest absolute Gasteiger partial charge is 0.481 e. The summed E-state index contributed by atoms with van der Waals surface area (Å²) in [5.74, 6) is 0.847. The quantitative estimate of drug-likeness (QED) is 0.791. The van der Waals surface area contributed by atoms with E-state index in [2.05, 4.69) is 33.7 Å². The lowest BCUT2D eigenvalue weighted by Gasteiger charge is -2.34. The normalized spacial score (nSPS) is 17.5. The van der Waals surface area contributed by atoms with E-state index in [-0.39, 0.29) is 6.42 Å². The second kappa shape index (κ2) is 7.51. The number of aliphatic carboxylic acids is 1. The molecule has 1 aromatic heterocycles. The lowest BCUT2D eigenvalue weighted by molar-refractivity contribution is -0.137. The molecule has 1 saturated heterocycles. The number of piperazine rings is 1. The van der Waals surface area contributed by atoms with E-state index in [1.54, 1.807) is 6.33 Å². The molecule has 0 atom stereocenters. The number of carboxylic acids is 1. The van der Waals surface area contributed by atoms with Gasteiger partial charge >= 0.3 is 5.97 Å².